The Hall–Kier alpha value is -1.12. The zero-order chi connectivity index (χ0) is 26.0. The number of nitrogens with zero attached hydrogens (tertiary/aromatic N) is 1. The quantitative estimate of drug-likeness (QED) is 0.154. The molecule has 0 saturated heterocycles. The molecule has 204 valence electrons. The molecule has 4 aliphatic heterocycles. The first-order valence-corrected chi connectivity index (χ1v) is 12.2. The average molecular weight is 523 g/mol. The molecule has 0 aromatic heterocycles. The summed E-state index contributed by atoms with van der Waals surface area (Å²) in [5.74, 6) is 4.03. The van der Waals surface area contributed by atoms with Gasteiger partial charge in [-0.15, -0.1) is 0 Å². The van der Waals surface area contributed by atoms with Crippen molar-refractivity contribution < 1.29 is 53.7 Å². The summed E-state index contributed by atoms with van der Waals surface area (Å²) in [4.78, 5) is 0. The van der Waals surface area contributed by atoms with E-state index < -0.39 is 0 Å². The van der Waals surface area contributed by atoms with E-state index in [2.05, 4.69) is 5.84 Å². The Morgan fingerprint density at radius 3 is 0.833 bits per heavy atom. The molecule has 0 fully saturated rings. The first kappa shape index (κ1) is 37.0. The van der Waals surface area contributed by atoms with Crippen LogP contribution in [-0.4, -0.2) is 55.8 Å². The predicted octanol–water partition coefficient (Wildman–Crippen LogP) is -0.822. The zero-order valence-corrected chi connectivity index (χ0v) is 23.8. The van der Waals surface area contributed by atoms with Crippen LogP contribution in [-0.2, 0) is 18.9 Å². The summed E-state index contributed by atoms with van der Waals surface area (Å²) >= 11 is 0. The average Bonchev–Trinajstić information content (AvgIpc) is 2.96. The second-order valence-electron chi connectivity index (χ2n) is 7.89. The summed E-state index contributed by atoms with van der Waals surface area (Å²) in [5, 5.41) is 6.97. The van der Waals surface area contributed by atoms with Crippen LogP contribution in [0.25, 0.3) is 5.59 Å². The summed E-state index contributed by atoms with van der Waals surface area (Å²) in [5.41, 5.74) is 23.4. The van der Waals surface area contributed by atoms with Crippen LogP contribution in [0.3, 0.4) is 0 Å². The van der Waals surface area contributed by atoms with Crippen LogP contribution in [0.2, 0.25) is 0 Å². The Balaban J connectivity index is 0. The maximum Gasteiger partial charge on any atom is 1.00 e. The van der Waals surface area contributed by atoms with Crippen molar-refractivity contribution >= 4 is 0 Å². The molecular formula is C24H47N6NaO5. The fourth-order valence-corrected chi connectivity index (χ4v) is 3.03. The monoisotopic (exact) mass is 522 g/mol. The Morgan fingerprint density at radius 2 is 0.750 bits per heavy atom. The molecule has 0 spiro atoms. The van der Waals surface area contributed by atoms with Gasteiger partial charge >= 0.3 is 29.6 Å². The molecule has 36 heavy (non-hydrogen) atoms. The van der Waals surface area contributed by atoms with Gasteiger partial charge in [0.2, 0.25) is 0 Å². The topological polar surface area (TPSA) is 201 Å². The van der Waals surface area contributed by atoms with Gasteiger partial charge in [-0.2, -0.15) is 0 Å². The zero-order valence-electron chi connectivity index (χ0n) is 21.8. The SMILES string of the molecule is NCC1CCC=CO1.NC[C@H]1CCC=CO1.NC[C@H]1CCC=CO1.NC[C@H]1CCC=CO1.N[N-]O.[Na+]. The van der Waals surface area contributed by atoms with Gasteiger partial charge < -0.3 is 58.5 Å². The summed E-state index contributed by atoms with van der Waals surface area (Å²) in [6.07, 6.45) is 24.9. The number of ether oxygens (including phenoxy) is 4. The van der Waals surface area contributed by atoms with Crippen molar-refractivity contribution in [1.82, 2.24) is 0 Å². The van der Waals surface area contributed by atoms with Gasteiger partial charge in [0.25, 0.3) is 0 Å². The smallest absolute Gasteiger partial charge is 0.497 e. The van der Waals surface area contributed by atoms with Crippen molar-refractivity contribution in [3.8, 4) is 0 Å². The number of hydrogen-bond donors (Lipinski definition) is 6. The minimum Gasteiger partial charge on any atom is -0.497 e. The minimum atomic E-state index is 0. The van der Waals surface area contributed by atoms with E-state index in [1.807, 2.05) is 29.9 Å². The van der Waals surface area contributed by atoms with Crippen LogP contribution in [0.15, 0.2) is 49.4 Å². The van der Waals surface area contributed by atoms with Gasteiger partial charge in [0, 0.05) is 26.2 Å². The largest absolute Gasteiger partial charge is 1.00 e. The number of allylic oxidation sites excluding steroid dienone is 4. The van der Waals surface area contributed by atoms with E-state index in [0.717, 1.165) is 51.4 Å². The molecule has 0 amide bonds. The third-order valence-electron chi connectivity index (χ3n) is 5.14. The van der Waals surface area contributed by atoms with E-state index in [9.17, 15) is 0 Å². The standard InChI is InChI=1S/4C6H11NO.H3N2O.Na/c4*7-5-6-3-1-2-4-8-6;1-2-3;/h4*2,4,6H,1,3,5,7H2;3H,1H2;/q;;;;-1;+1/t3*6-;;;/m111.../s1. The Bertz CT molecular complexity index is 487. The molecule has 0 radical (unpaired) electrons. The molecule has 4 heterocycles. The summed E-state index contributed by atoms with van der Waals surface area (Å²) in [6.45, 7) is 2.57. The van der Waals surface area contributed by atoms with Crippen molar-refractivity contribution in [3.63, 3.8) is 0 Å². The molecule has 11 N–H and O–H groups in total. The molecule has 0 aliphatic carbocycles. The maximum absolute atomic E-state index is 6.97. The number of hydrogen-bond acceptors (Lipinski definition) is 10. The van der Waals surface area contributed by atoms with E-state index in [1.165, 1.54) is 0 Å². The van der Waals surface area contributed by atoms with Crippen LogP contribution in [0.1, 0.15) is 51.4 Å². The fourth-order valence-electron chi connectivity index (χ4n) is 3.03. The Morgan fingerprint density at radius 1 is 0.556 bits per heavy atom. The molecule has 4 atom stereocenters. The van der Waals surface area contributed by atoms with Crippen molar-refractivity contribution in [2.45, 2.75) is 75.8 Å². The van der Waals surface area contributed by atoms with Gasteiger partial charge in [-0.05, 0) is 75.7 Å². The molecule has 12 heteroatoms. The number of nitrogens with two attached hydrogens (primary N) is 5. The van der Waals surface area contributed by atoms with Crippen LogP contribution < -0.4 is 58.3 Å². The molecule has 0 bridgehead atoms. The summed E-state index contributed by atoms with van der Waals surface area (Å²) in [7, 11) is 0. The maximum atomic E-state index is 6.97. The van der Waals surface area contributed by atoms with E-state index in [-0.39, 0.29) is 54.0 Å². The van der Waals surface area contributed by atoms with Gasteiger partial charge in [0.05, 0.1) is 25.0 Å². The van der Waals surface area contributed by atoms with Crippen molar-refractivity contribution in [1.29, 1.82) is 0 Å². The van der Waals surface area contributed by atoms with Crippen LogP contribution in [0.4, 0.5) is 0 Å². The minimum absolute atomic E-state index is 0. The summed E-state index contributed by atoms with van der Waals surface area (Å²) < 4.78 is 20.5. The van der Waals surface area contributed by atoms with Crippen LogP contribution >= 0.6 is 0 Å². The van der Waals surface area contributed by atoms with Gasteiger partial charge in [-0.3, -0.25) is 0 Å². The third kappa shape index (κ3) is 22.1. The normalized spacial score (nSPS) is 24.8. The molecule has 4 aliphatic rings. The van der Waals surface area contributed by atoms with E-state index >= 15 is 0 Å². The predicted molar refractivity (Wildman–Crippen MR) is 139 cm³/mol. The van der Waals surface area contributed by atoms with Gasteiger partial charge in [-0.25, -0.2) is 0 Å². The number of rotatable bonds is 4. The first-order chi connectivity index (χ1) is 17.1. The Labute approximate surface area is 238 Å². The molecule has 1 unspecified atom stereocenters. The van der Waals surface area contributed by atoms with Gasteiger partial charge in [-0.1, -0.05) is 0 Å². The Kier molecular flexibility index (Phi) is 29.3. The molecule has 0 aromatic rings. The molecule has 0 aromatic carbocycles. The van der Waals surface area contributed by atoms with E-state index in [1.54, 1.807) is 25.0 Å². The second-order valence-corrected chi connectivity index (χ2v) is 7.89. The van der Waals surface area contributed by atoms with Crippen molar-refractivity contribution in [3.05, 3.63) is 54.9 Å². The molecule has 0 saturated carbocycles. The van der Waals surface area contributed by atoms with Crippen molar-refractivity contribution in [2.24, 2.45) is 28.8 Å². The van der Waals surface area contributed by atoms with Gasteiger partial charge in [0.15, 0.2) is 0 Å². The van der Waals surface area contributed by atoms with E-state index in [4.69, 9.17) is 47.1 Å². The fraction of sp³-hybridized carbons (Fsp3) is 0.667. The summed E-state index contributed by atoms with van der Waals surface area (Å²) in [6, 6.07) is 0. The van der Waals surface area contributed by atoms with Crippen molar-refractivity contribution in [2.75, 3.05) is 26.2 Å². The first-order valence-electron chi connectivity index (χ1n) is 12.2. The molecule has 4 rings (SSSR count). The van der Waals surface area contributed by atoms with Crippen LogP contribution in [0.5, 0.6) is 0 Å². The molecule has 11 nitrogen and oxygen atoms in total. The van der Waals surface area contributed by atoms with Crippen LogP contribution in [0, 0.1) is 0 Å². The van der Waals surface area contributed by atoms with Gasteiger partial charge in [0.1, 0.15) is 24.4 Å². The van der Waals surface area contributed by atoms with E-state index in [0.29, 0.717) is 26.2 Å². The second kappa shape index (κ2) is 28.5. The molecular weight excluding hydrogens is 475 g/mol. The third-order valence-corrected chi connectivity index (χ3v) is 5.14.